The third-order valence-electron chi connectivity index (χ3n) is 3.75. The van der Waals surface area contributed by atoms with E-state index in [1.807, 2.05) is 31.2 Å². The van der Waals surface area contributed by atoms with Crippen molar-refractivity contribution in [2.24, 2.45) is 4.99 Å². The van der Waals surface area contributed by atoms with Crippen molar-refractivity contribution < 1.29 is 14.3 Å². The van der Waals surface area contributed by atoms with Gasteiger partial charge in [0.1, 0.15) is 0 Å². The van der Waals surface area contributed by atoms with Crippen LogP contribution in [0.1, 0.15) is 11.1 Å². The SMILES string of the molecule is COc1cccc(/C=C2\SC(=Nc3ccc(Cl)cc3C)NC2=O)c1OC. The summed E-state index contributed by atoms with van der Waals surface area (Å²) in [7, 11) is 3.14. The van der Waals surface area contributed by atoms with Crippen LogP contribution >= 0.6 is 23.4 Å². The first-order valence-electron chi connectivity index (χ1n) is 7.78. The molecule has 3 rings (SSSR count). The maximum Gasteiger partial charge on any atom is 0.264 e. The summed E-state index contributed by atoms with van der Waals surface area (Å²) in [5.41, 5.74) is 2.46. The molecule has 0 atom stereocenters. The molecule has 0 saturated carbocycles. The summed E-state index contributed by atoms with van der Waals surface area (Å²) >= 11 is 7.24. The molecule has 2 aromatic rings. The molecule has 5 nitrogen and oxygen atoms in total. The van der Waals surface area contributed by atoms with Crippen LogP contribution in [0, 0.1) is 6.92 Å². The Balaban J connectivity index is 1.91. The summed E-state index contributed by atoms with van der Waals surface area (Å²) in [5, 5.41) is 3.96. The molecule has 1 amide bonds. The molecule has 0 aliphatic carbocycles. The number of thioether (sulfide) groups is 1. The van der Waals surface area contributed by atoms with Gasteiger partial charge in [-0.05, 0) is 54.6 Å². The Morgan fingerprint density at radius 3 is 2.69 bits per heavy atom. The lowest BCUT2D eigenvalue weighted by Gasteiger charge is -2.10. The van der Waals surface area contributed by atoms with Crippen LogP contribution in [-0.2, 0) is 4.79 Å². The van der Waals surface area contributed by atoms with Crippen LogP contribution in [0.25, 0.3) is 6.08 Å². The van der Waals surface area contributed by atoms with E-state index in [-0.39, 0.29) is 5.91 Å². The predicted molar refractivity (Wildman–Crippen MR) is 107 cm³/mol. The van der Waals surface area contributed by atoms with Crippen molar-refractivity contribution in [2.75, 3.05) is 14.2 Å². The van der Waals surface area contributed by atoms with E-state index in [2.05, 4.69) is 10.3 Å². The monoisotopic (exact) mass is 388 g/mol. The normalized spacial score (nSPS) is 16.8. The second-order valence-electron chi connectivity index (χ2n) is 5.50. The third-order valence-corrected chi connectivity index (χ3v) is 4.90. The number of para-hydroxylation sites is 1. The van der Waals surface area contributed by atoms with E-state index in [1.165, 1.54) is 11.8 Å². The highest BCUT2D eigenvalue weighted by atomic mass is 35.5. The number of rotatable bonds is 4. The fourth-order valence-corrected chi connectivity index (χ4v) is 3.55. The fraction of sp³-hybridized carbons (Fsp3) is 0.158. The molecule has 134 valence electrons. The minimum absolute atomic E-state index is 0.203. The van der Waals surface area contributed by atoms with Gasteiger partial charge in [0.2, 0.25) is 0 Å². The number of halogens is 1. The Morgan fingerprint density at radius 2 is 2.00 bits per heavy atom. The summed E-state index contributed by atoms with van der Waals surface area (Å²) in [4.78, 5) is 17.3. The molecular weight excluding hydrogens is 372 g/mol. The highest BCUT2D eigenvalue weighted by molar-refractivity contribution is 8.18. The average molecular weight is 389 g/mol. The van der Waals surface area contributed by atoms with E-state index in [0.29, 0.717) is 26.6 Å². The quantitative estimate of drug-likeness (QED) is 0.780. The Labute approximate surface area is 161 Å². The van der Waals surface area contributed by atoms with Crippen molar-refractivity contribution in [1.82, 2.24) is 5.32 Å². The number of methoxy groups -OCH3 is 2. The van der Waals surface area contributed by atoms with Crippen LogP contribution in [0.15, 0.2) is 46.3 Å². The average Bonchev–Trinajstić information content (AvgIpc) is 2.96. The summed E-state index contributed by atoms with van der Waals surface area (Å²) < 4.78 is 10.7. The van der Waals surface area contributed by atoms with E-state index < -0.39 is 0 Å². The van der Waals surface area contributed by atoms with E-state index in [0.717, 1.165) is 16.8 Å². The van der Waals surface area contributed by atoms with Crippen molar-refractivity contribution in [3.05, 3.63) is 57.5 Å². The van der Waals surface area contributed by atoms with Gasteiger partial charge in [-0.25, -0.2) is 4.99 Å². The van der Waals surface area contributed by atoms with Crippen LogP contribution in [0.3, 0.4) is 0 Å². The van der Waals surface area contributed by atoms with Gasteiger partial charge in [0.25, 0.3) is 5.91 Å². The molecule has 1 aliphatic rings. The van der Waals surface area contributed by atoms with E-state index in [1.54, 1.807) is 32.4 Å². The van der Waals surface area contributed by atoms with Crippen LogP contribution in [0.4, 0.5) is 5.69 Å². The van der Waals surface area contributed by atoms with Gasteiger partial charge in [0.15, 0.2) is 16.7 Å². The lowest BCUT2D eigenvalue weighted by molar-refractivity contribution is -0.115. The molecule has 1 aliphatic heterocycles. The zero-order valence-electron chi connectivity index (χ0n) is 14.5. The largest absolute Gasteiger partial charge is 0.493 e. The minimum Gasteiger partial charge on any atom is -0.493 e. The van der Waals surface area contributed by atoms with E-state index in [9.17, 15) is 4.79 Å². The maximum absolute atomic E-state index is 12.3. The van der Waals surface area contributed by atoms with Crippen molar-refractivity contribution in [1.29, 1.82) is 0 Å². The van der Waals surface area contributed by atoms with Gasteiger partial charge in [0.05, 0.1) is 24.8 Å². The van der Waals surface area contributed by atoms with Gasteiger partial charge in [-0.15, -0.1) is 0 Å². The Kier molecular flexibility index (Phi) is 5.54. The number of aliphatic imine (C=N–C) groups is 1. The molecule has 0 aromatic heterocycles. The van der Waals surface area contributed by atoms with Crippen molar-refractivity contribution in [3.8, 4) is 11.5 Å². The van der Waals surface area contributed by atoms with Gasteiger partial charge in [-0.1, -0.05) is 23.7 Å². The highest BCUT2D eigenvalue weighted by Crippen LogP contribution is 2.35. The molecule has 1 N–H and O–H groups in total. The van der Waals surface area contributed by atoms with Crippen LogP contribution in [0.5, 0.6) is 11.5 Å². The summed E-state index contributed by atoms with van der Waals surface area (Å²) in [6.07, 6.45) is 1.76. The lowest BCUT2D eigenvalue weighted by atomic mass is 10.1. The first-order chi connectivity index (χ1) is 12.5. The summed E-state index contributed by atoms with van der Waals surface area (Å²) in [5.74, 6) is 0.982. The van der Waals surface area contributed by atoms with Crippen molar-refractivity contribution in [3.63, 3.8) is 0 Å². The maximum atomic E-state index is 12.3. The summed E-state index contributed by atoms with van der Waals surface area (Å²) in [6.45, 7) is 1.92. The molecule has 0 bridgehead atoms. The number of hydrogen-bond acceptors (Lipinski definition) is 5. The number of nitrogens with zero attached hydrogens (tertiary/aromatic N) is 1. The third kappa shape index (κ3) is 3.86. The molecular formula is C19H17ClN2O3S. The van der Waals surface area contributed by atoms with Gasteiger partial charge in [-0.3, -0.25) is 4.79 Å². The molecule has 0 spiro atoms. The van der Waals surface area contributed by atoms with Crippen LogP contribution in [-0.4, -0.2) is 25.3 Å². The van der Waals surface area contributed by atoms with Gasteiger partial charge < -0.3 is 14.8 Å². The molecule has 1 heterocycles. The topological polar surface area (TPSA) is 59.9 Å². The molecule has 7 heteroatoms. The van der Waals surface area contributed by atoms with Crippen LogP contribution < -0.4 is 14.8 Å². The van der Waals surface area contributed by atoms with Crippen molar-refractivity contribution >= 4 is 46.2 Å². The minimum atomic E-state index is -0.203. The Hall–Kier alpha value is -2.44. The van der Waals surface area contributed by atoms with Crippen molar-refractivity contribution in [2.45, 2.75) is 6.92 Å². The number of amidine groups is 1. The smallest absolute Gasteiger partial charge is 0.264 e. The number of ether oxygens (including phenoxy) is 2. The van der Waals surface area contributed by atoms with E-state index in [4.69, 9.17) is 21.1 Å². The highest BCUT2D eigenvalue weighted by Gasteiger charge is 2.24. The number of amides is 1. The van der Waals surface area contributed by atoms with Crippen LogP contribution in [0.2, 0.25) is 5.02 Å². The lowest BCUT2D eigenvalue weighted by Crippen LogP contribution is -2.19. The standard InChI is InChI=1S/C19H17ClN2O3S/c1-11-9-13(20)7-8-14(11)21-19-22-18(23)16(26-19)10-12-5-4-6-15(24-2)17(12)25-3/h4-10H,1-3H3,(H,21,22,23)/b16-10-. The Bertz CT molecular complexity index is 925. The number of carbonyl (C=O) groups is 1. The second kappa shape index (κ2) is 7.85. The Morgan fingerprint density at radius 1 is 1.19 bits per heavy atom. The molecule has 26 heavy (non-hydrogen) atoms. The number of carbonyl (C=O) groups excluding carboxylic acids is 1. The summed E-state index contributed by atoms with van der Waals surface area (Å²) in [6, 6.07) is 10.9. The number of hydrogen-bond donors (Lipinski definition) is 1. The van der Waals surface area contributed by atoms with Gasteiger partial charge in [0, 0.05) is 10.6 Å². The second-order valence-corrected chi connectivity index (χ2v) is 6.96. The molecule has 1 saturated heterocycles. The fourth-order valence-electron chi connectivity index (χ4n) is 2.50. The predicted octanol–water partition coefficient (Wildman–Crippen LogP) is 4.56. The van der Waals surface area contributed by atoms with Gasteiger partial charge in [-0.2, -0.15) is 0 Å². The number of aryl methyl sites for hydroxylation is 1. The van der Waals surface area contributed by atoms with E-state index >= 15 is 0 Å². The number of nitrogens with one attached hydrogen (secondary N) is 1. The first kappa shape index (κ1) is 18.4. The molecule has 0 unspecified atom stereocenters. The zero-order valence-corrected chi connectivity index (χ0v) is 16.1. The molecule has 1 fully saturated rings. The first-order valence-corrected chi connectivity index (χ1v) is 8.98. The van der Waals surface area contributed by atoms with Gasteiger partial charge >= 0.3 is 0 Å². The molecule has 0 radical (unpaired) electrons. The number of benzene rings is 2. The molecule has 2 aromatic carbocycles. The zero-order chi connectivity index (χ0) is 18.7.